The predicted octanol–water partition coefficient (Wildman–Crippen LogP) is 2.71. The highest BCUT2D eigenvalue weighted by molar-refractivity contribution is 5.77. The quantitative estimate of drug-likeness (QED) is 0.484. The summed E-state index contributed by atoms with van der Waals surface area (Å²) in [6, 6.07) is 6.42. The maximum atomic E-state index is 15.1. The summed E-state index contributed by atoms with van der Waals surface area (Å²) < 4.78 is 27.2. The van der Waals surface area contributed by atoms with Crippen LogP contribution in [0.4, 0.5) is 15.9 Å². The van der Waals surface area contributed by atoms with Crippen LogP contribution in [-0.2, 0) is 7.05 Å². The summed E-state index contributed by atoms with van der Waals surface area (Å²) in [5, 5.41) is 13.8. The summed E-state index contributed by atoms with van der Waals surface area (Å²) in [6.07, 6.45) is 5.17. The first kappa shape index (κ1) is 20.5. The SMILES string of the molecule is COc1cc(OC)c(F)c(N(CCO)c2ccc3ncc(-c4cnn(C)c4)nc3n2)c1. The number of methoxy groups -OCH3 is 2. The van der Waals surface area contributed by atoms with Gasteiger partial charge < -0.3 is 19.5 Å². The highest BCUT2D eigenvalue weighted by Crippen LogP contribution is 2.36. The third-order valence-corrected chi connectivity index (χ3v) is 4.73. The van der Waals surface area contributed by atoms with E-state index in [-0.39, 0.29) is 24.6 Å². The maximum Gasteiger partial charge on any atom is 0.188 e. The van der Waals surface area contributed by atoms with Crippen molar-refractivity contribution in [3.8, 4) is 22.8 Å². The number of ether oxygens (including phenoxy) is 2. The Balaban J connectivity index is 1.82. The van der Waals surface area contributed by atoms with Gasteiger partial charge in [0.1, 0.15) is 17.1 Å². The molecular weight excluding hydrogens is 403 g/mol. The molecule has 0 bridgehead atoms. The van der Waals surface area contributed by atoms with Gasteiger partial charge >= 0.3 is 0 Å². The Morgan fingerprint density at radius 3 is 2.65 bits per heavy atom. The van der Waals surface area contributed by atoms with Gasteiger partial charge in [-0.05, 0) is 12.1 Å². The van der Waals surface area contributed by atoms with Gasteiger partial charge in [-0.25, -0.2) is 14.4 Å². The number of benzene rings is 1. The van der Waals surface area contributed by atoms with Crippen LogP contribution in [0.5, 0.6) is 11.5 Å². The van der Waals surface area contributed by atoms with Crippen LogP contribution in [0.1, 0.15) is 0 Å². The lowest BCUT2D eigenvalue weighted by atomic mass is 10.2. The van der Waals surface area contributed by atoms with Gasteiger partial charge in [0, 0.05) is 37.5 Å². The van der Waals surface area contributed by atoms with E-state index in [1.54, 1.807) is 29.2 Å². The summed E-state index contributed by atoms with van der Waals surface area (Å²) >= 11 is 0. The number of aliphatic hydroxyl groups excluding tert-OH is 1. The number of hydrogen-bond donors (Lipinski definition) is 1. The lowest BCUT2D eigenvalue weighted by Crippen LogP contribution is -2.23. The van der Waals surface area contributed by atoms with Crippen LogP contribution in [0.25, 0.3) is 22.4 Å². The van der Waals surface area contributed by atoms with Gasteiger partial charge in [0.2, 0.25) is 0 Å². The molecule has 0 saturated carbocycles. The fourth-order valence-corrected chi connectivity index (χ4v) is 3.21. The molecule has 0 saturated heterocycles. The molecule has 0 radical (unpaired) electrons. The molecule has 9 nitrogen and oxygen atoms in total. The Morgan fingerprint density at radius 1 is 1.13 bits per heavy atom. The van der Waals surface area contributed by atoms with Gasteiger partial charge in [0.15, 0.2) is 17.2 Å². The minimum absolute atomic E-state index is 0.0248. The second kappa shape index (κ2) is 8.52. The number of anilines is 2. The minimum Gasteiger partial charge on any atom is -0.497 e. The zero-order valence-electron chi connectivity index (χ0n) is 17.3. The molecule has 160 valence electrons. The van der Waals surface area contributed by atoms with Crippen LogP contribution in [0.3, 0.4) is 0 Å². The molecule has 4 aromatic rings. The zero-order chi connectivity index (χ0) is 22.0. The van der Waals surface area contributed by atoms with Crippen LogP contribution in [0.2, 0.25) is 0 Å². The van der Waals surface area contributed by atoms with E-state index in [1.807, 2.05) is 13.2 Å². The smallest absolute Gasteiger partial charge is 0.188 e. The number of aryl methyl sites for hydroxylation is 1. The molecule has 1 N–H and O–H groups in total. The highest BCUT2D eigenvalue weighted by atomic mass is 19.1. The van der Waals surface area contributed by atoms with Gasteiger partial charge in [0.05, 0.1) is 44.6 Å². The van der Waals surface area contributed by atoms with E-state index in [0.29, 0.717) is 28.4 Å². The number of fused-ring (bicyclic) bond motifs is 1. The first-order valence-electron chi connectivity index (χ1n) is 9.46. The van der Waals surface area contributed by atoms with E-state index in [9.17, 15) is 5.11 Å². The molecular formula is C21H21FN6O3. The Kier molecular flexibility index (Phi) is 5.63. The van der Waals surface area contributed by atoms with Crippen molar-refractivity contribution in [1.29, 1.82) is 0 Å². The molecule has 0 atom stereocenters. The second-order valence-electron chi connectivity index (χ2n) is 6.71. The fourth-order valence-electron chi connectivity index (χ4n) is 3.21. The summed E-state index contributed by atoms with van der Waals surface area (Å²) in [5.74, 6) is 0.245. The van der Waals surface area contributed by atoms with E-state index < -0.39 is 5.82 Å². The Morgan fingerprint density at radius 2 is 1.97 bits per heavy atom. The molecule has 0 aliphatic rings. The molecule has 3 aromatic heterocycles. The van der Waals surface area contributed by atoms with E-state index in [4.69, 9.17) is 9.47 Å². The van der Waals surface area contributed by atoms with E-state index >= 15 is 4.39 Å². The monoisotopic (exact) mass is 424 g/mol. The van der Waals surface area contributed by atoms with Crippen molar-refractivity contribution in [2.75, 3.05) is 32.3 Å². The molecule has 10 heteroatoms. The third-order valence-electron chi connectivity index (χ3n) is 4.73. The number of pyridine rings is 1. The van der Waals surface area contributed by atoms with Gasteiger partial charge in [-0.3, -0.25) is 9.67 Å². The topological polar surface area (TPSA) is 98.4 Å². The van der Waals surface area contributed by atoms with E-state index in [0.717, 1.165) is 5.56 Å². The lowest BCUT2D eigenvalue weighted by Gasteiger charge is -2.24. The van der Waals surface area contributed by atoms with Crippen molar-refractivity contribution in [2.45, 2.75) is 0 Å². The molecule has 0 unspecified atom stereocenters. The number of rotatable bonds is 7. The Bertz CT molecular complexity index is 1230. The van der Waals surface area contributed by atoms with Crippen LogP contribution < -0.4 is 14.4 Å². The average molecular weight is 424 g/mol. The highest BCUT2D eigenvalue weighted by Gasteiger charge is 2.21. The standard InChI is InChI=1S/C21H21FN6O3/c1-27-12-13(10-24-27)16-11-23-15-4-5-19(26-21(15)25-16)28(6-7-29)17-8-14(30-2)9-18(31-3)20(17)22/h4-5,8-12,29H,6-7H2,1-3H3. The molecule has 0 aliphatic heterocycles. The lowest BCUT2D eigenvalue weighted by molar-refractivity contribution is 0.305. The maximum absolute atomic E-state index is 15.1. The molecule has 3 heterocycles. The second-order valence-corrected chi connectivity index (χ2v) is 6.71. The van der Waals surface area contributed by atoms with Crippen molar-refractivity contribution in [3.63, 3.8) is 0 Å². The minimum atomic E-state index is -0.589. The molecule has 0 spiro atoms. The van der Waals surface area contributed by atoms with Crippen LogP contribution in [-0.4, -0.2) is 57.2 Å². The number of hydrogen-bond acceptors (Lipinski definition) is 8. The van der Waals surface area contributed by atoms with Crippen LogP contribution >= 0.6 is 0 Å². The summed E-state index contributed by atoms with van der Waals surface area (Å²) in [4.78, 5) is 15.1. The predicted molar refractivity (Wildman–Crippen MR) is 113 cm³/mol. The first-order valence-corrected chi connectivity index (χ1v) is 9.46. The summed E-state index contributed by atoms with van der Waals surface area (Å²) in [7, 11) is 4.68. The van der Waals surface area contributed by atoms with E-state index in [1.165, 1.54) is 31.3 Å². The fraction of sp³-hybridized carbons (Fsp3) is 0.238. The number of halogens is 1. The number of aliphatic hydroxyl groups is 1. The third kappa shape index (κ3) is 3.97. The van der Waals surface area contributed by atoms with Gasteiger partial charge in [0.25, 0.3) is 0 Å². The Hall–Kier alpha value is -3.79. The average Bonchev–Trinajstić information content (AvgIpc) is 3.23. The molecule has 0 aliphatic carbocycles. The Labute approximate surface area is 177 Å². The van der Waals surface area contributed by atoms with Crippen molar-refractivity contribution in [2.24, 2.45) is 7.05 Å². The molecule has 0 amide bonds. The molecule has 4 rings (SSSR count). The molecule has 31 heavy (non-hydrogen) atoms. The summed E-state index contributed by atoms with van der Waals surface area (Å²) in [5.41, 5.74) is 2.56. The van der Waals surface area contributed by atoms with Crippen LogP contribution in [0, 0.1) is 5.82 Å². The molecule has 0 fully saturated rings. The van der Waals surface area contributed by atoms with Gasteiger partial charge in [-0.2, -0.15) is 5.10 Å². The van der Waals surface area contributed by atoms with Gasteiger partial charge in [-0.1, -0.05) is 0 Å². The normalized spacial score (nSPS) is 11.0. The van der Waals surface area contributed by atoms with Crippen molar-refractivity contribution in [3.05, 3.63) is 48.7 Å². The van der Waals surface area contributed by atoms with Crippen molar-refractivity contribution in [1.82, 2.24) is 24.7 Å². The number of nitrogens with zero attached hydrogens (tertiary/aromatic N) is 6. The van der Waals surface area contributed by atoms with E-state index in [2.05, 4.69) is 20.1 Å². The van der Waals surface area contributed by atoms with Crippen molar-refractivity contribution >= 4 is 22.7 Å². The van der Waals surface area contributed by atoms with Crippen molar-refractivity contribution < 1.29 is 19.0 Å². The first-order chi connectivity index (χ1) is 15.0. The van der Waals surface area contributed by atoms with Crippen LogP contribution in [0.15, 0.2) is 42.9 Å². The number of aromatic nitrogens is 5. The molecule has 1 aromatic carbocycles. The zero-order valence-corrected chi connectivity index (χ0v) is 17.3. The van der Waals surface area contributed by atoms with Gasteiger partial charge in [-0.15, -0.1) is 0 Å². The summed E-state index contributed by atoms with van der Waals surface area (Å²) in [6.45, 7) is -0.123. The largest absolute Gasteiger partial charge is 0.497 e.